The molecule has 1 saturated heterocycles. The van der Waals surface area contributed by atoms with Crippen LogP contribution in [0.2, 0.25) is 0 Å². The average molecular weight is 537 g/mol. The van der Waals surface area contributed by atoms with Gasteiger partial charge in [-0.3, -0.25) is 9.69 Å². The van der Waals surface area contributed by atoms with Gasteiger partial charge in [-0.2, -0.15) is 0 Å². The number of anilines is 1. The Bertz CT molecular complexity index is 1260. The number of hydrogen-bond acceptors (Lipinski definition) is 7. The first-order valence-corrected chi connectivity index (χ1v) is 14.0. The largest absolute Gasteiger partial charge is 0.511 e. The molecule has 1 saturated carbocycles. The molecule has 2 aliphatic rings. The highest BCUT2D eigenvalue weighted by Gasteiger charge is 2.37. The molecule has 0 atom stereocenters. The fourth-order valence-corrected chi connectivity index (χ4v) is 5.66. The van der Waals surface area contributed by atoms with Crippen LogP contribution in [-0.4, -0.2) is 51.2 Å². The summed E-state index contributed by atoms with van der Waals surface area (Å²) in [5.74, 6) is 0.789. The van der Waals surface area contributed by atoms with Crippen molar-refractivity contribution in [2.45, 2.75) is 51.5 Å². The van der Waals surface area contributed by atoms with Crippen LogP contribution >= 0.6 is 11.3 Å². The van der Waals surface area contributed by atoms with Crippen LogP contribution in [0.1, 0.15) is 56.7 Å². The van der Waals surface area contributed by atoms with Gasteiger partial charge in [0.2, 0.25) is 11.7 Å². The van der Waals surface area contributed by atoms with E-state index >= 15 is 0 Å². The third-order valence-electron chi connectivity index (χ3n) is 7.30. The predicted molar refractivity (Wildman–Crippen MR) is 146 cm³/mol. The maximum Gasteiger partial charge on any atom is 0.511 e. The number of nitrogens with zero attached hydrogens (tertiary/aromatic N) is 4. The summed E-state index contributed by atoms with van der Waals surface area (Å²) in [7, 11) is 0. The van der Waals surface area contributed by atoms with Crippen LogP contribution < -0.4 is 9.64 Å². The SMILES string of the molecule is CC1CCC(C(=O)N(c2nn(-c3ccc(/C=C/c4cscn4)cc3)cc2OC(=O)O)C2CCOCC2)CC1. The van der Waals surface area contributed by atoms with Gasteiger partial charge in [0.05, 0.1) is 23.1 Å². The second kappa shape index (κ2) is 11.9. The Balaban J connectivity index is 1.46. The van der Waals surface area contributed by atoms with Crippen molar-refractivity contribution in [2.24, 2.45) is 11.8 Å². The lowest BCUT2D eigenvalue weighted by atomic mass is 9.82. The minimum Gasteiger partial charge on any atom is -0.449 e. The predicted octanol–water partition coefficient (Wildman–Crippen LogP) is 5.89. The van der Waals surface area contributed by atoms with Crippen molar-refractivity contribution in [1.29, 1.82) is 0 Å². The molecular formula is C28H32N4O5S. The second-order valence-corrected chi connectivity index (χ2v) is 10.7. The molecule has 3 aromatic rings. The molecule has 0 spiro atoms. The van der Waals surface area contributed by atoms with Gasteiger partial charge >= 0.3 is 6.16 Å². The summed E-state index contributed by atoms with van der Waals surface area (Å²) in [5.41, 5.74) is 4.40. The molecule has 1 aliphatic heterocycles. The molecule has 0 radical (unpaired) electrons. The molecule has 0 unspecified atom stereocenters. The number of carboxylic acid groups (broad SMARTS) is 1. The first-order chi connectivity index (χ1) is 18.5. The summed E-state index contributed by atoms with van der Waals surface area (Å²) in [6.45, 7) is 3.31. The summed E-state index contributed by atoms with van der Waals surface area (Å²) in [5, 5.41) is 16.2. The molecule has 2 fully saturated rings. The molecule has 1 aromatic carbocycles. The third-order valence-corrected chi connectivity index (χ3v) is 7.91. The molecule has 38 heavy (non-hydrogen) atoms. The van der Waals surface area contributed by atoms with Crippen molar-refractivity contribution >= 4 is 41.4 Å². The Morgan fingerprint density at radius 1 is 1.11 bits per heavy atom. The minimum atomic E-state index is -1.45. The summed E-state index contributed by atoms with van der Waals surface area (Å²) >= 11 is 1.54. The standard InChI is InChI=1S/C28H32N4O5S/c1-19-2-7-21(8-3-19)27(33)32(24-12-14-36-15-13-24)26-25(37-28(34)35)16-31(30-26)23-10-5-20(6-11-23)4-9-22-17-38-18-29-22/h4-6,9-11,16-19,21,24H,2-3,7-8,12-15H2,1H3,(H,34,35)/b9-4+. The van der Waals surface area contributed by atoms with E-state index in [1.165, 1.54) is 6.20 Å². The van der Waals surface area contributed by atoms with Crippen LogP contribution in [0.4, 0.5) is 10.6 Å². The summed E-state index contributed by atoms with van der Waals surface area (Å²) in [6.07, 6.45) is 9.00. The monoisotopic (exact) mass is 536 g/mol. The summed E-state index contributed by atoms with van der Waals surface area (Å²) < 4.78 is 12.3. The van der Waals surface area contributed by atoms with Crippen LogP contribution in [0.15, 0.2) is 41.4 Å². The maximum atomic E-state index is 13.9. The Morgan fingerprint density at radius 2 is 1.84 bits per heavy atom. The van der Waals surface area contributed by atoms with Gasteiger partial charge in [-0.25, -0.2) is 14.5 Å². The lowest BCUT2D eigenvalue weighted by molar-refractivity contribution is -0.124. The normalized spacial score (nSPS) is 20.4. The van der Waals surface area contributed by atoms with E-state index < -0.39 is 6.16 Å². The Hall–Kier alpha value is -3.50. The van der Waals surface area contributed by atoms with E-state index in [2.05, 4.69) is 11.9 Å². The third kappa shape index (κ3) is 6.14. The smallest absolute Gasteiger partial charge is 0.449 e. The van der Waals surface area contributed by atoms with Crippen LogP contribution in [-0.2, 0) is 9.53 Å². The topological polar surface area (TPSA) is 107 Å². The first kappa shape index (κ1) is 26.1. The van der Waals surface area contributed by atoms with Gasteiger partial charge < -0.3 is 14.6 Å². The highest BCUT2D eigenvalue weighted by atomic mass is 32.1. The van der Waals surface area contributed by atoms with Crippen molar-refractivity contribution in [2.75, 3.05) is 18.1 Å². The molecule has 10 heteroatoms. The Kier molecular flexibility index (Phi) is 8.19. The fraction of sp³-hybridized carbons (Fsp3) is 0.429. The second-order valence-electron chi connectivity index (χ2n) is 9.98. The zero-order chi connectivity index (χ0) is 26.5. The van der Waals surface area contributed by atoms with Crippen LogP contribution in [0.3, 0.4) is 0 Å². The molecule has 3 heterocycles. The molecular weight excluding hydrogens is 504 g/mol. The van der Waals surface area contributed by atoms with Crippen LogP contribution in [0.5, 0.6) is 5.75 Å². The van der Waals surface area contributed by atoms with E-state index in [4.69, 9.17) is 14.6 Å². The fourth-order valence-electron chi connectivity index (χ4n) is 5.14. The number of aromatic nitrogens is 3. The van der Waals surface area contributed by atoms with Gasteiger partial charge in [-0.15, -0.1) is 16.4 Å². The molecule has 0 bridgehead atoms. The number of amides is 1. The zero-order valence-electron chi connectivity index (χ0n) is 21.4. The van der Waals surface area contributed by atoms with Gasteiger partial charge in [0.1, 0.15) is 0 Å². The highest BCUT2D eigenvalue weighted by molar-refractivity contribution is 7.07. The van der Waals surface area contributed by atoms with Crippen LogP contribution in [0.25, 0.3) is 17.8 Å². The molecule has 1 amide bonds. The van der Waals surface area contributed by atoms with Gasteiger partial charge in [0, 0.05) is 30.6 Å². The lowest BCUT2D eigenvalue weighted by Crippen LogP contribution is -2.47. The van der Waals surface area contributed by atoms with E-state index in [9.17, 15) is 14.7 Å². The van der Waals surface area contributed by atoms with Crippen LogP contribution in [0, 0.1) is 11.8 Å². The molecule has 5 rings (SSSR count). The summed E-state index contributed by atoms with van der Waals surface area (Å²) in [4.78, 5) is 31.5. The summed E-state index contributed by atoms with van der Waals surface area (Å²) in [6, 6.07) is 7.55. The van der Waals surface area contributed by atoms with Gasteiger partial charge in [0.25, 0.3) is 0 Å². The number of ether oxygens (including phenoxy) is 2. The van der Waals surface area contributed by atoms with Crippen molar-refractivity contribution in [1.82, 2.24) is 14.8 Å². The first-order valence-electron chi connectivity index (χ1n) is 13.1. The quantitative estimate of drug-likeness (QED) is 0.375. The Morgan fingerprint density at radius 3 is 2.50 bits per heavy atom. The van der Waals surface area contributed by atoms with E-state index in [-0.39, 0.29) is 29.4 Å². The number of carbonyl (C=O) groups excluding carboxylic acids is 1. The van der Waals surface area contributed by atoms with Crippen molar-refractivity contribution in [3.8, 4) is 11.4 Å². The molecule has 200 valence electrons. The number of thiazole rings is 1. The lowest BCUT2D eigenvalue weighted by Gasteiger charge is -2.36. The minimum absolute atomic E-state index is 0.00758. The highest BCUT2D eigenvalue weighted by Crippen LogP contribution is 2.37. The molecule has 2 aromatic heterocycles. The van der Waals surface area contributed by atoms with E-state index in [1.807, 2.05) is 41.8 Å². The van der Waals surface area contributed by atoms with Crippen molar-refractivity contribution in [3.63, 3.8) is 0 Å². The molecule has 9 nitrogen and oxygen atoms in total. The maximum absolute atomic E-state index is 13.9. The van der Waals surface area contributed by atoms with E-state index in [0.29, 0.717) is 32.0 Å². The van der Waals surface area contributed by atoms with Gasteiger partial charge in [-0.1, -0.05) is 25.1 Å². The zero-order valence-corrected chi connectivity index (χ0v) is 22.2. The van der Waals surface area contributed by atoms with Gasteiger partial charge in [0.15, 0.2) is 5.75 Å². The average Bonchev–Trinajstić information content (AvgIpc) is 3.59. The van der Waals surface area contributed by atoms with E-state index in [0.717, 1.165) is 42.6 Å². The van der Waals surface area contributed by atoms with Gasteiger partial charge in [-0.05, 0) is 68.2 Å². The number of benzene rings is 1. The van der Waals surface area contributed by atoms with Crippen molar-refractivity contribution < 1.29 is 24.2 Å². The molecule has 1 aliphatic carbocycles. The van der Waals surface area contributed by atoms with E-state index in [1.54, 1.807) is 26.4 Å². The molecule has 1 N–H and O–H groups in total. The Labute approximate surface area is 225 Å². The number of hydrogen-bond donors (Lipinski definition) is 1. The number of carbonyl (C=O) groups is 2. The van der Waals surface area contributed by atoms with Crippen molar-refractivity contribution in [3.05, 3.63) is 52.6 Å². The number of rotatable bonds is 7.